The Labute approximate surface area is 188 Å². The number of benzene rings is 2. The Bertz CT molecular complexity index is 1020. The van der Waals surface area contributed by atoms with Crippen LogP contribution in [0.5, 0.6) is 0 Å². The van der Waals surface area contributed by atoms with Crippen molar-refractivity contribution in [1.82, 2.24) is 0 Å². The van der Waals surface area contributed by atoms with Gasteiger partial charge in [0, 0.05) is 29.2 Å². The lowest BCUT2D eigenvalue weighted by Crippen LogP contribution is -2.27. The average Bonchev–Trinajstić information content (AvgIpc) is 3.14. The molecular weight excluding hydrogens is 445 g/mol. The number of hydrogen-bond donors (Lipinski definition) is 0. The number of halogens is 2. The summed E-state index contributed by atoms with van der Waals surface area (Å²) in [5.74, 6) is -2.51. The van der Waals surface area contributed by atoms with Crippen molar-refractivity contribution in [2.45, 2.75) is 13.3 Å². The Morgan fingerprint density at radius 2 is 1.77 bits per heavy atom. The molecule has 7 nitrogen and oxygen atoms in total. The van der Waals surface area contributed by atoms with E-state index in [9.17, 15) is 19.2 Å². The molecule has 0 radical (unpaired) electrons. The Balaban J connectivity index is 1.58. The lowest BCUT2D eigenvalue weighted by atomic mass is 10.1. The zero-order valence-corrected chi connectivity index (χ0v) is 18.1. The van der Waals surface area contributed by atoms with Gasteiger partial charge in [0.2, 0.25) is 11.7 Å². The van der Waals surface area contributed by atoms with E-state index in [-0.39, 0.29) is 36.1 Å². The van der Waals surface area contributed by atoms with Gasteiger partial charge in [-0.25, -0.2) is 4.79 Å². The van der Waals surface area contributed by atoms with Crippen LogP contribution in [0.25, 0.3) is 0 Å². The number of carbonyl (C=O) groups is 4. The zero-order valence-electron chi connectivity index (χ0n) is 16.6. The number of nitrogens with zero attached hydrogens (tertiary/aromatic N) is 1. The molecule has 1 aliphatic rings. The summed E-state index contributed by atoms with van der Waals surface area (Å²) in [5, 5.41) is 0.556. The first kappa shape index (κ1) is 22.8. The summed E-state index contributed by atoms with van der Waals surface area (Å²) in [6, 6.07) is 10.7. The van der Waals surface area contributed by atoms with E-state index in [1.807, 2.05) is 0 Å². The molecule has 0 N–H and O–H groups in total. The molecule has 1 saturated heterocycles. The molecule has 0 bridgehead atoms. The molecular formula is C22H19Cl2NO6. The molecule has 3 rings (SSSR count). The maximum absolute atomic E-state index is 12.4. The van der Waals surface area contributed by atoms with Crippen molar-refractivity contribution in [3.8, 4) is 0 Å². The van der Waals surface area contributed by atoms with Gasteiger partial charge in [-0.2, -0.15) is 0 Å². The SMILES string of the molecule is CCOC(=O)c1ccc(N2CC(C(=O)OCC(=O)c3ccc(Cl)cc3Cl)CC2=O)cc1. The maximum atomic E-state index is 12.4. The van der Waals surface area contributed by atoms with Gasteiger partial charge in [-0.15, -0.1) is 0 Å². The molecule has 9 heteroatoms. The Morgan fingerprint density at radius 3 is 2.42 bits per heavy atom. The van der Waals surface area contributed by atoms with Crippen molar-refractivity contribution < 1.29 is 28.7 Å². The van der Waals surface area contributed by atoms with Gasteiger partial charge in [-0.3, -0.25) is 14.4 Å². The van der Waals surface area contributed by atoms with Crippen LogP contribution in [0, 0.1) is 5.92 Å². The standard InChI is InChI=1S/C22H19Cl2NO6/c1-2-30-21(28)13-3-6-16(7-4-13)25-11-14(9-20(25)27)22(29)31-12-19(26)17-8-5-15(23)10-18(17)24/h3-8,10,14H,2,9,11-12H2,1H3. The first-order chi connectivity index (χ1) is 14.8. The molecule has 0 aliphatic carbocycles. The topological polar surface area (TPSA) is 90.0 Å². The molecule has 0 aromatic heterocycles. The van der Waals surface area contributed by atoms with Crippen LogP contribution in [-0.2, 0) is 19.1 Å². The van der Waals surface area contributed by atoms with E-state index in [0.717, 1.165) is 0 Å². The van der Waals surface area contributed by atoms with Crippen LogP contribution in [0.1, 0.15) is 34.1 Å². The normalized spacial score (nSPS) is 15.6. The molecule has 0 spiro atoms. The molecule has 31 heavy (non-hydrogen) atoms. The molecule has 1 unspecified atom stereocenters. The summed E-state index contributed by atoms with van der Waals surface area (Å²) in [5.41, 5.74) is 1.12. The van der Waals surface area contributed by atoms with E-state index in [2.05, 4.69) is 0 Å². The van der Waals surface area contributed by atoms with Crippen LogP contribution < -0.4 is 4.90 Å². The molecule has 1 heterocycles. The second-order valence-corrected chi connectivity index (χ2v) is 7.67. The number of Topliss-reactive ketones (excluding diaryl/α,β-unsaturated/α-hetero) is 1. The summed E-state index contributed by atoms with van der Waals surface area (Å²) in [6.07, 6.45) is -0.0334. The van der Waals surface area contributed by atoms with Crippen molar-refractivity contribution >= 4 is 52.5 Å². The number of ether oxygens (including phenoxy) is 2. The van der Waals surface area contributed by atoms with Gasteiger partial charge < -0.3 is 14.4 Å². The van der Waals surface area contributed by atoms with Crippen LogP contribution in [0.4, 0.5) is 5.69 Å². The van der Waals surface area contributed by atoms with Crippen LogP contribution in [0.15, 0.2) is 42.5 Å². The van der Waals surface area contributed by atoms with Crippen LogP contribution >= 0.6 is 23.2 Å². The van der Waals surface area contributed by atoms with E-state index in [4.69, 9.17) is 32.7 Å². The van der Waals surface area contributed by atoms with E-state index in [1.165, 1.54) is 23.1 Å². The molecule has 1 atom stereocenters. The largest absolute Gasteiger partial charge is 0.462 e. The van der Waals surface area contributed by atoms with Crippen molar-refractivity contribution in [2.24, 2.45) is 5.92 Å². The Morgan fingerprint density at radius 1 is 1.06 bits per heavy atom. The summed E-state index contributed by atoms with van der Waals surface area (Å²) in [4.78, 5) is 50.2. The van der Waals surface area contributed by atoms with Gasteiger partial charge in [0.25, 0.3) is 0 Å². The minimum atomic E-state index is -0.703. The van der Waals surface area contributed by atoms with Crippen LogP contribution in [0.2, 0.25) is 10.0 Å². The molecule has 2 aromatic carbocycles. The minimum absolute atomic E-state index is 0.0334. The number of carbonyl (C=O) groups excluding carboxylic acids is 4. The third kappa shape index (κ3) is 5.42. The molecule has 162 valence electrons. The predicted molar refractivity (Wildman–Crippen MR) is 115 cm³/mol. The number of ketones is 1. The lowest BCUT2D eigenvalue weighted by molar-refractivity contribution is -0.147. The van der Waals surface area contributed by atoms with Crippen molar-refractivity contribution in [2.75, 3.05) is 24.7 Å². The van der Waals surface area contributed by atoms with Crippen molar-refractivity contribution in [3.05, 3.63) is 63.6 Å². The van der Waals surface area contributed by atoms with E-state index < -0.39 is 30.2 Å². The summed E-state index contributed by atoms with van der Waals surface area (Å²) in [7, 11) is 0. The molecule has 0 saturated carbocycles. The first-order valence-electron chi connectivity index (χ1n) is 9.52. The van der Waals surface area contributed by atoms with E-state index >= 15 is 0 Å². The predicted octanol–water partition coefficient (Wildman–Crippen LogP) is 3.95. The Hall–Kier alpha value is -2.90. The third-order valence-electron chi connectivity index (χ3n) is 4.73. The van der Waals surface area contributed by atoms with E-state index in [1.54, 1.807) is 31.2 Å². The van der Waals surface area contributed by atoms with Gasteiger partial charge in [-0.05, 0) is 49.4 Å². The highest BCUT2D eigenvalue weighted by atomic mass is 35.5. The van der Waals surface area contributed by atoms with Crippen molar-refractivity contribution in [3.63, 3.8) is 0 Å². The number of rotatable bonds is 7. The highest BCUT2D eigenvalue weighted by Gasteiger charge is 2.36. The fourth-order valence-electron chi connectivity index (χ4n) is 3.15. The second-order valence-electron chi connectivity index (χ2n) is 6.83. The van der Waals surface area contributed by atoms with Gasteiger partial charge in [0.15, 0.2) is 6.61 Å². The quantitative estimate of drug-likeness (QED) is 0.456. The average molecular weight is 464 g/mol. The number of amides is 1. The summed E-state index contributed by atoms with van der Waals surface area (Å²) < 4.78 is 10.0. The van der Waals surface area contributed by atoms with Gasteiger partial charge >= 0.3 is 11.9 Å². The number of esters is 2. The summed E-state index contributed by atoms with van der Waals surface area (Å²) >= 11 is 11.8. The zero-order chi connectivity index (χ0) is 22.5. The van der Waals surface area contributed by atoms with Gasteiger partial charge in [0.1, 0.15) is 0 Å². The Kier molecular flexibility index (Phi) is 7.30. The van der Waals surface area contributed by atoms with Crippen molar-refractivity contribution in [1.29, 1.82) is 0 Å². The highest BCUT2D eigenvalue weighted by Crippen LogP contribution is 2.27. The minimum Gasteiger partial charge on any atom is -0.462 e. The third-order valence-corrected chi connectivity index (χ3v) is 5.27. The smallest absolute Gasteiger partial charge is 0.338 e. The first-order valence-corrected chi connectivity index (χ1v) is 10.3. The van der Waals surface area contributed by atoms with Gasteiger partial charge in [-0.1, -0.05) is 23.2 Å². The summed E-state index contributed by atoms with van der Waals surface area (Å²) in [6.45, 7) is 1.61. The monoisotopic (exact) mass is 463 g/mol. The lowest BCUT2D eigenvalue weighted by Gasteiger charge is -2.17. The van der Waals surface area contributed by atoms with Crippen LogP contribution in [-0.4, -0.2) is 43.4 Å². The molecule has 1 amide bonds. The van der Waals surface area contributed by atoms with E-state index in [0.29, 0.717) is 16.3 Å². The van der Waals surface area contributed by atoms with Crippen LogP contribution in [0.3, 0.4) is 0 Å². The second kappa shape index (κ2) is 9.94. The van der Waals surface area contributed by atoms with Gasteiger partial charge in [0.05, 0.1) is 23.1 Å². The number of hydrogen-bond acceptors (Lipinski definition) is 6. The fourth-order valence-corrected chi connectivity index (χ4v) is 3.67. The fraction of sp³-hybridized carbons (Fsp3) is 0.273. The molecule has 1 aliphatic heterocycles. The maximum Gasteiger partial charge on any atom is 0.338 e. The molecule has 2 aromatic rings. The molecule has 1 fully saturated rings. The highest BCUT2D eigenvalue weighted by molar-refractivity contribution is 6.36. The number of anilines is 1.